The van der Waals surface area contributed by atoms with Gasteiger partial charge in [-0.25, -0.2) is 0 Å². The zero-order valence-corrected chi connectivity index (χ0v) is 8.58. The summed E-state index contributed by atoms with van der Waals surface area (Å²) < 4.78 is 4.78. The highest BCUT2D eigenvalue weighted by atomic mass is 16.5. The zero-order valence-electron chi connectivity index (χ0n) is 8.58. The van der Waals surface area contributed by atoms with Crippen LogP contribution in [0.3, 0.4) is 0 Å². The molecule has 3 heteroatoms. The second kappa shape index (κ2) is 5.35. The Labute approximate surface area is 80.1 Å². The number of nitrogens with zero attached hydrogens (tertiary/aromatic N) is 1. The van der Waals surface area contributed by atoms with E-state index in [1.165, 1.54) is 19.4 Å². The molecule has 0 spiro atoms. The Morgan fingerprint density at radius 1 is 1.62 bits per heavy atom. The van der Waals surface area contributed by atoms with Crippen LogP contribution in [0.5, 0.6) is 0 Å². The predicted octanol–water partition coefficient (Wildman–Crippen LogP) is 1.08. The van der Waals surface area contributed by atoms with Gasteiger partial charge in [-0.05, 0) is 32.9 Å². The van der Waals surface area contributed by atoms with Gasteiger partial charge in [-0.3, -0.25) is 4.79 Å². The third-order valence-corrected chi connectivity index (χ3v) is 2.73. The van der Waals surface area contributed by atoms with Crippen molar-refractivity contribution in [3.63, 3.8) is 0 Å². The van der Waals surface area contributed by atoms with Crippen LogP contribution < -0.4 is 0 Å². The molecule has 1 saturated heterocycles. The molecule has 1 heterocycles. The number of Topliss-reactive ketones (excluding diaryl/α,β-unsaturated/α-hetero) is 1. The van der Waals surface area contributed by atoms with Crippen LogP contribution in [-0.4, -0.2) is 44.0 Å². The first-order valence-corrected chi connectivity index (χ1v) is 4.95. The lowest BCUT2D eigenvalue weighted by molar-refractivity contribution is -0.122. The molecule has 0 radical (unpaired) electrons. The van der Waals surface area contributed by atoms with Gasteiger partial charge in [-0.1, -0.05) is 0 Å². The lowest BCUT2D eigenvalue weighted by Crippen LogP contribution is -2.25. The van der Waals surface area contributed by atoms with E-state index >= 15 is 0 Å². The molecule has 0 aliphatic carbocycles. The van der Waals surface area contributed by atoms with E-state index in [0.29, 0.717) is 12.5 Å². The van der Waals surface area contributed by atoms with Crippen molar-refractivity contribution in [2.75, 3.05) is 27.3 Å². The van der Waals surface area contributed by atoms with E-state index in [1.54, 1.807) is 7.11 Å². The minimum Gasteiger partial charge on any atom is -0.377 e. The van der Waals surface area contributed by atoms with Crippen LogP contribution in [0, 0.1) is 0 Å². The lowest BCUT2D eigenvalue weighted by atomic mass is 10.1. The van der Waals surface area contributed by atoms with Crippen molar-refractivity contribution < 1.29 is 9.53 Å². The molecule has 1 atom stereocenters. The lowest BCUT2D eigenvalue weighted by Gasteiger charge is -2.18. The van der Waals surface area contributed by atoms with Gasteiger partial charge < -0.3 is 9.64 Å². The predicted molar refractivity (Wildman–Crippen MR) is 51.8 cm³/mol. The van der Waals surface area contributed by atoms with Crippen LogP contribution >= 0.6 is 0 Å². The minimum absolute atomic E-state index is 0.225. The molecule has 13 heavy (non-hydrogen) atoms. The maximum Gasteiger partial charge on any atom is 0.158 e. The molecule has 0 aromatic carbocycles. The maximum absolute atomic E-state index is 11.2. The van der Waals surface area contributed by atoms with Gasteiger partial charge in [0.2, 0.25) is 0 Å². The number of rotatable bonds is 5. The first-order chi connectivity index (χ1) is 6.24. The molecule has 1 unspecified atom stereocenters. The Bertz CT molecular complexity index is 170. The molecule has 76 valence electrons. The Balaban J connectivity index is 2.14. The average Bonchev–Trinajstić information content (AvgIpc) is 2.48. The van der Waals surface area contributed by atoms with E-state index in [1.807, 2.05) is 0 Å². The fraction of sp³-hybridized carbons (Fsp3) is 0.900. The van der Waals surface area contributed by atoms with Gasteiger partial charge in [0.25, 0.3) is 0 Å². The summed E-state index contributed by atoms with van der Waals surface area (Å²) in [6.45, 7) is 1.46. The quantitative estimate of drug-likeness (QED) is 0.642. The van der Waals surface area contributed by atoms with Crippen molar-refractivity contribution in [1.29, 1.82) is 0 Å². The number of carbonyl (C=O) groups excluding carboxylic acids is 1. The fourth-order valence-electron chi connectivity index (χ4n) is 1.90. The minimum atomic E-state index is 0.225. The molecular formula is C10H19NO2. The number of hydrogen-bond acceptors (Lipinski definition) is 3. The Morgan fingerprint density at radius 3 is 2.92 bits per heavy atom. The van der Waals surface area contributed by atoms with E-state index in [9.17, 15) is 4.79 Å². The second-order valence-electron chi connectivity index (χ2n) is 3.79. The van der Waals surface area contributed by atoms with Crippen LogP contribution in [0.1, 0.15) is 25.7 Å². The highest BCUT2D eigenvalue weighted by Crippen LogP contribution is 2.18. The summed E-state index contributed by atoms with van der Waals surface area (Å²) in [5, 5.41) is 0. The third-order valence-electron chi connectivity index (χ3n) is 2.73. The number of likely N-dealkylation sites (tertiary alicyclic amines) is 1. The molecule has 0 aromatic heterocycles. The van der Waals surface area contributed by atoms with Crippen molar-refractivity contribution in [2.45, 2.75) is 31.7 Å². The Hall–Kier alpha value is -0.410. The molecule has 1 aliphatic rings. The topological polar surface area (TPSA) is 29.5 Å². The van der Waals surface area contributed by atoms with E-state index in [0.717, 1.165) is 6.42 Å². The van der Waals surface area contributed by atoms with Gasteiger partial charge in [-0.15, -0.1) is 0 Å². The van der Waals surface area contributed by atoms with Crippen molar-refractivity contribution >= 4 is 5.78 Å². The standard InChI is InChI=1S/C10H19NO2/c1-11-7-3-4-9(11)5-6-10(12)8-13-2/h9H,3-8H2,1-2H3. The van der Waals surface area contributed by atoms with Gasteiger partial charge in [0.05, 0.1) is 0 Å². The molecule has 0 bridgehead atoms. The number of carbonyl (C=O) groups is 1. The van der Waals surface area contributed by atoms with Crippen molar-refractivity contribution in [3.8, 4) is 0 Å². The normalized spacial score (nSPS) is 23.7. The summed E-state index contributed by atoms with van der Waals surface area (Å²) in [6, 6.07) is 0.626. The van der Waals surface area contributed by atoms with Crippen LogP contribution in [0.25, 0.3) is 0 Å². The van der Waals surface area contributed by atoms with Gasteiger partial charge in [-0.2, -0.15) is 0 Å². The van der Waals surface area contributed by atoms with E-state index in [4.69, 9.17) is 4.74 Å². The van der Waals surface area contributed by atoms with Gasteiger partial charge in [0.15, 0.2) is 5.78 Å². The van der Waals surface area contributed by atoms with Crippen LogP contribution in [-0.2, 0) is 9.53 Å². The number of ether oxygens (including phenoxy) is 1. The molecule has 3 nitrogen and oxygen atoms in total. The maximum atomic E-state index is 11.2. The summed E-state index contributed by atoms with van der Waals surface area (Å²) in [4.78, 5) is 13.5. The molecule has 1 aliphatic heterocycles. The van der Waals surface area contributed by atoms with Crippen molar-refractivity contribution in [2.24, 2.45) is 0 Å². The van der Waals surface area contributed by atoms with Crippen molar-refractivity contribution in [1.82, 2.24) is 4.90 Å². The van der Waals surface area contributed by atoms with Gasteiger partial charge in [0, 0.05) is 19.6 Å². The number of ketones is 1. The van der Waals surface area contributed by atoms with Crippen molar-refractivity contribution in [3.05, 3.63) is 0 Å². The largest absolute Gasteiger partial charge is 0.377 e. The number of hydrogen-bond donors (Lipinski definition) is 0. The summed E-state index contributed by atoms with van der Waals surface area (Å²) in [7, 11) is 3.71. The molecule has 0 aromatic rings. The van der Waals surface area contributed by atoms with Gasteiger partial charge >= 0.3 is 0 Å². The highest BCUT2D eigenvalue weighted by molar-refractivity contribution is 5.79. The first-order valence-electron chi connectivity index (χ1n) is 4.95. The van der Waals surface area contributed by atoms with E-state index < -0.39 is 0 Å². The van der Waals surface area contributed by atoms with Crippen LogP contribution in [0.15, 0.2) is 0 Å². The summed E-state index contributed by atoms with van der Waals surface area (Å²) in [5.41, 5.74) is 0. The Morgan fingerprint density at radius 2 is 2.38 bits per heavy atom. The van der Waals surface area contributed by atoms with Crippen LogP contribution in [0.4, 0.5) is 0 Å². The first kappa shape index (κ1) is 10.7. The molecule has 0 saturated carbocycles. The van der Waals surface area contributed by atoms with Crippen LogP contribution in [0.2, 0.25) is 0 Å². The average molecular weight is 185 g/mol. The van der Waals surface area contributed by atoms with E-state index in [2.05, 4.69) is 11.9 Å². The molecular weight excluding hydrogens is 166 g/mol. The van der Waals surface area contributed by atoms with Gasteiger partial charge in [0.1, 0.15) is 6.61 Å². The third kappa shape index (κ3) is 3.44. The molecule has 0 N–H and O–H groups in total. The summed E-state index contributed by atoms with van der Waals surface area (Å²) in [5.74, 6) is 0.225. The monoisotopic (exact) mass is 185 g/mol. The summed E-state index contributed by atoms with van der Waals surface area (Å²) >= 11 is 0. The molecule has 1 fully saturated rings. The SMILES string of the molecule is COCC(=O)CCC1CCCN1C. The molecule has 1 rings (SSSR count). The highest BCUT2D eigenvalue weighted by Gasteiger charge is 2.20. The van der Waals surface area contributed by atoms with E-state index in [-0.39, 0.29) is 12.4 Å². The zero-order chi connectivity index (χ0) is 9.68. The molecule has 0 amide bonds. The summed E-state index contributed by atoms with van der Waals surface area (Å²) in [6.07, 6.45) is 4.19. The second-order valence-corrected chi connectivity index (χ2v) is 3.79. The fourth-order valence-corrected chi connectivity index (χ4v) is 1.90. The Kier molecular flexibility index (Phi) is 4.39. The smallest absolute Gasteiger partial charge is 0.158 e. The number of methoxy groups -OCH3 is 1.